The van der Waals surface area contributed by atoms with E-state index in [4.69, 9.17) is 5.14 Å². The third-order valence-corrected chi connectivity index (χ3v) is 4.83. The molecule has 20 heavy (non-hydrogen) atoms. The summed E-state index contributed by atoms with van der Waals surface area (Å²) in [6, 6.07) is 0. The second-order valence-electron chi connectivity index (χ2n) is 6.07. The van der Waals surface area contributed by atoms with E-state index < -0.39 is 10.0 Å². The molecule has 0 atom stereocenters. The highest BCUT2D eigenvalue weighted by molar-refractivity contribution is 7.89. The fraction of sp³-hybridized carbons (Fsp3) is 1.00. The van der Waals surface area contributed by atoms with Crippen LogP contribution in [0.15, 0.2) is 0 Å². The number of nitrogens with two attached hydrogens (primary N) is 1. The maximum atomic E-state index is 11.0. The van der Waals surface area contributed by atoms with Crippen LogP contribution in [-0.2, 0) is 10.0 Å². The average Bonchev–Trinajstić information content (AvgIpc) is 2.37. The molecule has 0 rings (SSSR count). The van der Waals surface area contributed by atoms with Gasteiger partial charge in [0, 0.05) is 0 Å². The van der Waals surface area contributed by atoms with Crippen LogP contribution in [0.5, 0.6) is 0 Å². The van der Waals surface area contributed by atoms with Crippen molar-refractivity contribution in [3.63, 3.8) is 0 Å². The lowest BCUT2D eigenvalue weighted by atomic mass is 9.91. The van der Waals surface area contributed by atoms with E-state index in [1.54, 1.807) is 0 Å². The summed E-state index contributed by atoms with van der Waals surface area (Å²) in [4.78, 5) is 0. The Morgan fingerprint density at radius 1 is 0.750 bits per heavy atom. The van der Waals surface area contributed by atoms with Crippen LogP contribution in [0.2, 0.25) is 0 Å². The van der Waals surface area contributed by atoms with Gasteiger partial charge in [0.25, 0.3) is 0 Å². The second-order valence-corrected chi connectivity index (χ2v) is 7.81. The fourth-order valence-electron chi connectivity index (χ4n) is 2.73. The third kappa shape index (κ3) is 14.3. The van der Waals surface area contributed by atoms with Crippen molar-refractivity contribution in [1.82, 2.24) is 0 Å². The minimum atomic E-state index is -3.28. The van der Waals surface area contributed by atoms with E-state index >= 15 is 0 Å². The first-order valence-corrected chi connectivity index (χ1v) is 10.2. The quantitative estimate of drug-likeness (QED) is 0.476. The summed E-state index contributed by atoms with van der Waals surface area (Å²) < 4.78 is 22.0. The second kappa shape index (κ2) is 12.6. The molecule has 0 saturated heterocycles. The molecule has 0 aliphatic rings. The summed E-state index contributed by atoms with van der Waals surface area (Å²) in [5.41, 5.74) is 0. The Labute approximate surface area is 126 Å². The van der Waals surface area contributed by atoms with Gasteiger partial charge in [-0.1, -0.05) is 78.1 Å². The van der Waals surface area contributed by atoms with Crippen molar-refractivity contribution in [3.8, 4) is 0 Å². The normalized spacial score (nSPS) is 12.2. The predicted octanol–water partition coefficient (Wildman–Crippen LogP) is 4.61. The maximum absolute atomic E-state index is 11.0. The lowest BCUT2D eigenvalue weighted by molar-refractivity contribution is 0.379. The Kier molecular flexibility index (Phi) is 12.6. The van der Waals surface area contributed by atoms with Gasteiger partial charge in [0.15, 0.2) is 0 Å². The zero-order valence-electron chi connectivity index (χ0n) is 13.6. The summed E-state index contributed by atoms with van der Waals surface area (Å²) >= 11 is 0. The molecule has 0 amide bonds. The number of sulfonamides is 1. The third-order valence-electron chi connectivity index (χ3n) is 3.97. The summed E-state index contributed by atoms with van der Waals surface area (Å²) in [5, 5.41) is 5.07. The van der Waals surface area contributed by atoms with Crippen LogP contribution in [0.25, 0.3) is 0 Å². The summed E-state index contributed by atoms with van der Waals surface area (Å²) in [6.45, 7) is 4.46. The van der Waals surface area contributed by atoms with Crippen molar-refractivity contribution in [3.05, 3.63) is 0 Å². The van der Waals surface area contributed by atoms with Gasteiger partial charge in [-0.3, -0.25) is 0 Å². The zero-order valence-corrected chi connectivity index (χ0v) is 14.4. The Morgan fingerprint density at radius 2 is 1.20 bits per heavy atom. The van der Waals surface area contributed by atoms with Gasteiger partial charge in [0.1, 0.15) is 0 Å². The molecule has 122 valence electrons. The highest BCUT2D eigenvalue weighted by Gasteiger charge is 2.10. The molecular weight excluding hydrogens is 270 g/mol. The van der Waals surface area contributed by atoms with Crippen molar-refractivity contribution in [1.29, 1.82) is 0 Å². The summed E-state index contributed by atoms with van der Waals surface area (Å²) in [5.74, 6) is 0.846. The molecule has 0 radical (unpaired) electrons. The van der Waals surface area contributed by atoms with E-state index in [1.165, 1.54) is 64.2 Å². The Morgan fingerprint density at radius 3 is 1.60 bits per heavy atom. The first kappa shape index (κ1) is 19.9. The minimum Gasteiger partial charge on any atom is -0.229 e. The number of unbranched alkanes of at least 4 members (excludes halogenated alkanes) is 6. The van der Waals surface area contributed by atoms with E-state index in [0.717, 1.165) is 12.8 Å². The largest absolute Gasteiger partial charge is 0.229 e. The predicted molar refractivity (Wildman–Crippen MR) is 88.2 cm³/mol. The van der Waals surface area contributed by atoms with Gasteiger partial charge < -0.3 is 0 Å². The Hall–Kier alpha value is -0.0900. The average molecular weight is 306 g/mol. The van der Waals surface area contributed by atoms with Crippen LogP contribution in [-0.4, -0.2) is 14.2 Å². The molecule has 4 heteroatoms. The summed E-state index contributed by atoms with van der Waals surface area (Å²) in [6.07, 6.45) is 14.7. The SMILES string of the molecule is CCCCCCC(CCCCCC)CCCS(N)(=O)=O. The highest BCUT2D eigenvalue weighted by atomic mass is 32.2. The van der Waals surface area contributed by atoms with Crippen molar-refractivity contribution < 1.29 is 8.42 Å². The van der Waals surface area contributed by atoms with Crippen LogP contribution in [0.1, 0.15) is 90.9 Å². The van der Waals surface area contributed by atoms with Crippen molar-refractivity contribution in [2.75, 3.05) is 5.75 Å². The molecule has 0 aliphatic heterocycles. The standard InChI is InChI=1S/C16H35NO2S/c1-3-5-7-9-12-16(13-10-8-6-4-2)14-11-15-20(17,18)19/h16H,3-15H2,1-2H3,(H2,17,18,19). The van der Waals surface area contributed by atoms with Gasteiger partial charge in [0.05, 0.1) is 5.75 Å². The monoisotopic (exact) mass is 305 g/mol. The highest BCUT2D eigenvalue weighted by Crippen LogP contribution is 2.23. The molecule has 0 aliphatic carbocycles. The van der Waals surface area contributed by atoms with E-state index in [2.05, 4.69) is 13.8 Å². The molecule has 0 aromatic carbocycles. The number of primary sulfonamides is 1. The van der Waals surface area contributed by atoms with Gasteiger partial charge >= 0.3 is 0 Å². The van der Waals surface area contributed by atoms with Crippen LogP contribution in [0.3, 0.4) is 0 Å². The van der Waals surface area contributed by atoms with Crippen molar-refractivity contribution in [2.45, 2.75) is 90.9 Å². The number of rotatable bonds is 14. The van der Waals surface area contributed by atoms with E-state index in [0.29, 0.717) is 5.92 Å². The van der Waals surface area contributed by atoms with Gasteiger partial charge in [-0.05, 0) is 18.8 Å². The van der Waals surface area contributed by atoms with Gasteiger partial charge in [-0.25, -0.2) is 13.6 Å². The minimum absolute atomic E-state index is 0.146. The molecule has 0 unspecified atom stereocenters. The van der Waals surface area contributed by atoms with Crippen LogP contribution in [0.4, 0.5) is 0 Å². The van der Waals surface area contributed by atoms with Crippen LogP contribution in [0, 0.1) is 5.92 Å². The molecule has 0 bridgehead atoms. The molecule has 0 aromatic heterocycles. The van der Waals surface area contributed by atoms with Gasteiger partial charge in [0.2, 0.25) is 10.0 Å². The summed E-state index contributed by atoms with van der Waals surface area (Å²) in [7, 11) is -3.28. The molecule has 3 nitrogen and oxygen atoms in total. The lowest BCUT2D eigenvalue weighted by Gasteiger charge is -2.16. The fourth-order valence-corrected chi connectivity index (χ4v) is 3.29. The molecule has 0 aromatic rings. The first-order chi connectivity index (χ1) is 9.49. The molecule has 0 spiro atoms. The van der Waals surface area contributed by atoms with E-state index in [-0.39, 0.29) is 5.75 Å². The zero-order chi connectivity index (χ0) is 15.3. The molecular formula is C16H35NO2S. The Bertz CT molecular complexity index is 290. The van der Waals surface area contributed by atoms with Crippen LogP contribution >= 0.6 is 0 Å². The van der Waals surface area contributed by atoms with Gasteiger partial charge in [-0.15, -0.1) is 0 Å². The Balaban J connectivity index is 3.90. The lowest BCUT2D eigenvalue weighted by Crippen LogP contribution is -2.17. The molecule has 0 saturated carbocycles. The van der Waals surface area contributed by atoms with Crippen molar-refractivity contribution in [2.24, 2.45) is 11.1 Å². The van der Waals surface area contributed by atoms with Gasteiger partial charge in [-0.2, -0.15) is 0 Å². The maximum Gasteiger partial charge on any atom is 0.209 e. The van der Waals surface area contributed by atoms with E-state index in [1.807, 2.05) is 0 Å². The first-order valence-electron chi connectivity index (χ1n) is 8.50. The molecule has 0 fully saturated rings. The number of hydrogen-bond donors (Lipinski definition) is 1. The topological polar surface area (TPSA) is 60.2 Å². The number of hydrogen-bond acceptors (Lipinski definition) is 2. The van der Waals surface area contributed by atoms with E-state index in [9.17, 15) is 8.42 Å². The molecule has 0 heterocycles. The van der Waals surface area contributed by atoms with Crippen molar-refractivity contribution >= 4 is 10.0 Å². The smallest absolute Gasteiger partial charge is 0.209 e. The molecule has 2 N–H and O–H groups in total. The van der Waals surface area contributed by atoms with Crippen LogP contribution < -0.4 is 5.14 Å².